The maximum atomic E-state index is 13.0. The molecule has 2 heterocycles. The van der Waals surface area contributed by atoms with Gasteiger partial charge in [0.1, 0.15) is 17.7 Å². The zero-order valence-electron chi connectivity index (χ0n) is 14.4. The summed E-state index contributed by atoms with van der Waals surface area (Å²) in [4.78, 5) is 10.2. The van der Waals surface area contributed by atoms with Crippen LogP contribution in [0, 0.1) is 11.6 Å². The summed E-state index contributed by atoms with van der Waals surface area (Å²) >= 11 is 0. The minimum atomic E-state index is -0.246. The van der Waals surface area contributed by atoms with Crippen molar-refractivity contribution in [3.8, 4) is 0 Å². The Bertz CT molecular complexity index is 769. The highest BCUT2D eigenvalue weighted by molar-refractivity contribution is 6.01. The SMILES string of the molecule is Fc1ccc(C2=NOC(CN3CCN(c4ccc(F)cc4)CC3)C2)cc1. The van der Waals surface area contributed by atoms with Gasteiger partial charge in [-0.3, -0.25) is 4.90 Å². The largest absolute Gasteiger partial charge is 0.390 e. The van der Waals surface area contributed by atoms with Gasteiger partial charge in [-0.2, -0.15) is 0 Å². The summed E-state index contributed by atoms with van der Waals surface area (Å²) in [5, 5.41) is 4.17. The molecule has 2 aromatic carbocycles. The van der Waals surface area contributed by atoms with E-state index in [9.17, 15) is 8.78 Å². The lowest BCUT2D eigenvalue weighted by Gasteiger charge is -2.36. The van der Waals surface area contributed by atoms with Crippen molar-refractivity contribution < 1.29 is 13.6 Å². The monoisotopic (exact) mass is 357 g/mol. The van der Waals surface area contributed by atoms with E-state index >= 15 is 0 Å². The molecule has 0 spiro atoms. The molecule has 0 amide bonds. The topological polar surface area (TPSA) is 28.1 Å². The van der Waals surface area contributed by atoms with Gasteiger partial charge in [-0.15, -0.1) is 0 Å². The summed E-state index contributed by atoms with van der Waals surface area (Å²) in [6, 6.07) is 13.0. The summed E-state index contributed by atoms with van der Waals surface area (Å²) in [5.41, 5.74) is 2.85. The third-order valence-corrected chi connectivity index (χ3v) is 4.94. The number of halogens is 2. The second-order valence-electron chi connectivity index (χ2n) is 6.74. The first-order chi connectivity index (χ1) is 12.7. The van der Waals surface area contributed by atoms with Crippen LogP contribution in [0.25, 0.3) is 0 Å². The second-order valence-corrected chi connectivity index (χ2v) is 6.74. The Morgan fingerprint density at radius 3 is 2.15 bits per heavy atom. The predicted octanol–water partition coefficient (Wildman–Crippen LogP) is 3.28. The van der Waals surface area contributed by atoms with E-state index in [0.717, 1.165) is 56.1 Å². The average molecular weight is 357 g/mol. The highest BCUT2D eigenvalue weighted by atomic mass is 19.1. The zero-order chi connectivity index (χ0) is 17.9. The van der Waals surface area contributed by atoms with E-state index in [-0.39, 0.29) is 17.7 Å². The fourth-order valence-electron chi connectivity index (χ4n) is 3.47. The van der Waals surface area contributed by atoms with Crippen LogP contribution in [0.4, 0.5) is 14.5 Å². The van der Waals surface area contributed by atoms with Crippen molar-refractivity contribution in [3.63, 3.8) is 0 Å². The van der Waals surface area contributed by atoms with Gasteiger partial charge >= 0.3 is 0 Å². The summed E-state index contributed by atoms with van der Waals surface area (Å²) in [5.74, 6) is -0.452. The number of benzene rings is 2. The number of hydrogen-bond acceptors (Lipinski definition) is 4. The van der Waals surface area contributed by atoms with Crippen molar-refractivity contribution >= 4 is 11.4 Å². The van der Waals surface area contributed by atoms with E-state index in [1.807, 2.05) is 12.1 Å². The van der Waals surface area contributed by atoms with Gasteiger partial charge in [0.25, 0.3) is 0 Å². The zero-order valence-corrected chi connectivity index (χ0v) is 14.4. The van der Waals surface area contributed by atoms with Crippen LogP contribution in [0.5, 0.6) is 0 Å². The molecule has 0 N–H and O–H groups in total. The minimum absolute atomic E-state index is 0.0347. The quantitative estimate of drug-likeness (QED) is 0.841. The summed E-state index contributed by atoms with van der Waals surface area (Å²) < 4.78 is 26.1. The highest BCUT2D eigenvalue weighted by Gasteiger charge is 2.26. The molecule has 0 saturated carbocycles. The van der Waals surface area contributed by atoms with Crippen molar-refractivity contribution in [2.45, 2.75) is 12.5 Å². The van der Waals surface area contributed by atoms with Gasteiger partial charge in [0.2, 0.25) is 0 Å². The molecule has 0 bridgehead atoms. The van der Waals surface area contributed by atoms with Crippen LogP contribution in [0.1, 0.15) is 12.0 Å². The molecule has 2 aliphatic rings. The molecule has 1 fully saturated rings. The van der Waals surface area contributed by atoms with Gasteiger partial charge in [0.05, 0.1) is 5.71 Å². The van der Waals surface area contributed by atoms with E-state index in [0.29, 0.717) is 0 Å². The molecule has 0 aromatic heterocycles. The van der Waals surface area contributed by atoms with E-state index in [1.54, 1.807) is 12.1 Å². The standard InChI is InChI=1S/C20H21F2N3O/c21-16-3-1-15(2-4-16)20-13-19(26-23-20)14-24-9-11-25(12-10-24)18-7-5-17(22)6-8-18/h1-8,19H,9-14H2. The van der Waals surface area contributed by atoms with Crippen LogP contribution in [0.15, 0.2) is 53.7 Å². The summed E-state index contributed by atoms with van der Waals surface area (Å²) in [7, 11) is 0. The summed E-state index contributed by atoms with van der Waals surface area (Å²) in [6.07, 6.45) is 0.775. The fraction of sp³-hybridized carbons (Fsp3) is 0.350. The lowest BCUT2D eigenvalue weighted by Crippen LogP contribution is -2.48. The second kappa shape index (κ2) is 7.41. The number of hydrogen-bond donors (Lipinski definition) is 0. The molecular formula is C20H21F2N3O. The molecule has 26 heavy (non-hydrogen) atoms. The Labute approximate surface area is 151 Å². The molecule has 1 saturated heterocycles. The maximum Gasteiger partial charge on any atom is 0.145 e. The molecular weight excluding hydrogens is 336 g/mol. The van der Waals surface area contributed by atoms with Gasteiger partial charge in [-0.1, -0.05) is 17.3 Å². The maximum absolute atomic E-state index is 13.0. The normalized spacial score (nSPS) is 20.8. The molecule has 2 aliphatic heterocycles. The van der Waals surface area contributed by atoms with Crippen molar-refractivity contribution in [3.05, 3.63) is 65.7 Å². The molecule has 0 radical (unpaired) electrons. The third kappa shape index (κ3) is 3.85. The van der Waals surface area contributed by atoms with E-state index in [2.05, 4.69) is 15.0 Å². The molecule has 4 rings (SSSR count). The first-order valence-electron chi connectivity index (χ1n) is 8.89. The fourth-order valence-corrected chi connectivity index (χ4v) is 3.47. The van der Waals surface area contributed by atoms with Crippen molar-refractivity contribution in [2.75, 3.05) is 37.6 Å². The van der Waals surface area contributed by atoms with Crippen molar-refractivity contribution in [2.24, 2.45) is 5.16 Å². The summed E-state index contributed by atoms with van der Waals surface area (Å²) in [6.45, 7) is 4.51. The van der Waals surface area contributed by atoms with Gasteiger partial charge < -0.3 is 9.74 Å². The Hall–Kier alpha value is -2.47. The number of oxime groups is 1. The molecule has 1 unspecified atom stereocenters. The highest BCUT2D eigenvalue weighted by Crippen LogP contribution is 2.20. The van der Waals surface area contributed by atoms with Gasteiger partial charge in [0.15, 0.2) is 0 Å². The molecule has 2 aromatic rings. The van der Waals surface area contributed by atoms with Crippen LogP contribution in [-0.2, 0) is 4.84 Å². The van der Waals surface area contributed by atoms with E-state index < -0.39 is 0 Å². The van der Waals surface area contributed by atoms with Crippen molar-refractivity contribution in [1.29, 1.82) is 0 Å². The number of rotatable bonds is 4. The minimum Gasteiger partial charge on any atom is -0.390 e. The number of piperazine rings is 1. The van der Waals surface area contributed by atoms with E-state index in [1.165, 1.54) is 24.3 Å². The smallest absolute Gasteiger partial charge is 0.145 e. The molecule has 1 atom stereocenters. The van der Waals surface area contributed by atoms with Crippen LogP contribution >= 0.6 is 0 Å². The Kier molecular flexibility index (Phi) is 4.84. The van der Waals surface area contributed by atoms with Gasteiger partial charge in [-0.05, 0) is 42.0 Å². The lowest BCUT2D eigenvalue weighted by molar-refractivity contribution is 0.0510. The van der Waals surface area contributed by atoms with E-state index in [4.69, 9.17) is 4.84 Å². The number of nitrogens with zero attached hydrogens (tertiary/aromatic N) is 3. The molecule has 4 nitrogen and oxygen atoms in total. The van der Waals surface area contributed by atoms with Crippen LogP contribution in [-0.4, -0.2) is 49.4 Å². The Balaban J connectivity index is 1.26. The Morgan fingerprint density at radius 2 is 1.50 bits per heavy atom. The molecule has 6 heteroatoms. The van der Waals surface area contributed by atoms with Gasteiger partial charge in [0, 0.05) is 44.8 Å². The van der Waals surface area contributed by atoms with Crippen LogP contribution < -0.4 is 4.90 Å². The van der Waals surface area contributed by atoms with Crippen molar-refractivity contribution in [1.82, 2.24) is 4.90 Å². The number of anilines is 1. The average Bonchev–Trinajstić information content (AvgIpc) is 3.12. The first-order valence-corrected chi connectivity index (χ1v) is 8.89. The first kappa shape index (κ1) is 17.0. The predicted molar refractivity (Wildman–Crippen MR) is 97.5 cm³/mol. The van der Waals surface area contributed by atoms with Gasteiger partial charge in [-0.25, -0.2) is 8.78 Å². The Morgan fingerprint density at radius 1 is 0.885 bits per heavy atom. The van der Waals surface area contributed by atoms with Crippen LogP contribution in [0.3, 0.4) is 0 Å². The molecule has 0 aliphatic carbocycles. The third-order valence-electron chi connectivity index (χ3n) is 4.94. The lowest BCUT2D eigenvalue weighted by atomic mass is 10.0. The van der Waals surface area contributed by atoms with Crippen LogP contribution in [0.2, 0.25) is 0 Å². The molecule has 136 valence electrons.